The van der Waals surface area contributed by atoms with Crippen molar-refractivity contribution in [2.75, 3.05) is 20.1 Å². The van der Waals surface area contributed by atoms with Crippen molar-refractivity contribution in [2.24, 2.45) is 11.8 Å². The first kappa shape index (κ1) is 14.6. The van der Waals surface area contributed by atoms with Crippen LogP contribution in [0.4, 0.5) is 0 Å². The fraction of sp³-hybridized carbons (Fsp3) is 0.706. The van der Waals surface area contributed by atoms with Crippen molar-refractivity contribution in [3.8, 4) is 0 Å². The summed E-state index contributed by atoms with van der Waals surface area (Å²) in [5, 5.41) is 2.72. The fourth-order valence-corrected chi connectivity index (χ4v) is 3.33. The minimum atomic E-state index is 0.169. The summed E-state index contributed by atoms with van der Waals surface area (Å²) in [6, 6.07) is 4.29. The van der Waals surface area contributed by atoms with Crippen molar-refractivity contribution in [3.05, 3.63) is 23.7 Å². The van der Waals surface area contributed by atoms with E-state index in [4.69, 9.17) is 4.42 Å². The van der Waals surface area contributed by atoms with Gasteiger partial charge in [-0.1, -0.05) is 6.92 Å². The van der Waals surface area contributed by atoms with E-state index in [-0.39, 0.29) is 5.91 Å². The molecule has 1 saturated heterocycles. The first-order chi connectivity index (χ1) is 10.2. The van der Waals surface area contributed by atoms with Gasteiger partial charge in [-0.2, -0.15) is 0 Å². The maximum absolute atomic E-state index is 11.4. The number of likely N-dealkylation sites (tertiary alicyclic amines) is 1. The highest BCUT2D eigenvalue weighted by atomic mass is 16.3. The molecule has 116 valence electrons. The normalized spacial score (nSPS) is 26.8. The largest absolute Gasteiger partial charge is 0.464 e. The van der Waals surface area contributed by atoms with Gasteiger partial charge in [0.25, 0.3) is 0 Å². The monoisotopic (exact) mass is 290 g/mol. The van der Waals surface area contributed by atoms with E-state index >= 15 is 0 Å². The molecule has 4 heteroatoms. The molecular weight excluding hydrogens is 264 g/mol. The summed E-state index contributed by atoms with van der Waals surface area (Å²) < 4.78 is 5.98. The fourth-order valence-electron chi connectivity index (χ4n) is 3.33. The maximum atomic E-state index is 11.4. The number of nitrogens with zero attached hydrogens (tertiary/aromatic N) is 1. The van der Waals surface area contributed by atoms with E-state index < -0.39 is 0 Å². The number of nitrogens with one attached hydrogen (secondary N) is 1. The first-order valence-electron chi connectivity index (χ1n) is 8.17. The van der Waals surface area contributed by atoms with Crippen LogP contribution < -0.4 is 5.32 Å². The van der Waals surface area contributed by atoms with Crippen LogP contribution in [0.2, 0.25) is 0 Å². The van der Waals surface area contributed by atoms with Crippen molar-refractivity contribution in [2.45, 2.75) is 45.1 Å². The van der Waals surface area contributed by atoms with Gasteiger partial charge in [0.2, 0.25) is 5.91 Å². The summed E-state index contributed by atoms with van der Waals surface area (Å²) in [4.78, 5) is 13.9. The topological polar surface area (TPSA) is 45.5 Å². The highest BCUT2D eigenvalue weighted by Crippen LogP contribution is 2.47. The van der Waals surface area contributed by atoms with Gasteiger partial charge < -0.3 is 9.73 Å². The second kappa shape index (κ2) is 6.22. The zero-order valence-electron chi connectivity index (χ0n) is 13.1. The number of furan rings is 1. The van der Waals surface area contributed by atoms with Crippen LogP contribution in [0, 0.1) is 11.8 Å². The summed E-state index contributed by atoms with van der Waals surface area (Å²) in [7, 11) is 1.71. The van der Waals surface area contributed by atoms with Gasteiger partial charge >= 0.3 is 0 Å². The Balaban J connectivity index is 1.45. The second-order valence-electron chi connectivity index (χ2n) is 6.72. The molecule has 3 rings (SSSR count). The molecule has 0 unspecified atom stereocenters. The number of amides is 1. The van der Waals surface area contributed by atoms with Gasteiger partial charge in [0.1, 0.15) is 11.5 Å². The first-order valence-corrected chi connectivity index (χ1v) is 8.17. The Kier molecular flexibility index (Phi) is 4.34. The van der Waals surface area contributed by atoms with E-state index in [1.54, 1.807) is 7.05 Å². The molecule has 1 N–H and O–H groups in total. The van der Waals surface area contributed by atoms with Gasteiger partial charge in [-0.15, -0.1) is 0 Å². The molecule has 2 fully saturated rings. The number of carbonyl (C=O) groups excluding carboxylic acids is 1. The Hall–Kier alpha value is -1.29. The smallest absolute Gasteiger partial charge is 0.220 e. The molecule has 0 spiro atoms. The van der Waals surface area contributed by atoms with Crippen LogP contribution in [-0.2, 0) is 11.3 Å². The van der Waals surface area contributed by atoms with Crippen LogP contribution in [0.1, 0.15) is 50.0 Å². The third-order valence-corrected chi connectivity index (χ3v) is 5.00. The van der Waals surface area contributed by atoms with Crippen molar-refractivity contribution in [1.29, 1.82) is 0 Å². The Morgan fingerprint density at radius 1 is 1.38 bits per heavy atom. The lowest BCUT2D eigenvalue weighted by molar-refractivity contribution is -0.121. The average Bonchev–Trinajstić information content (AvgIpc) is 3.04. The SMILES string of the molecule is CNC(=O)CC1CCN(Cc2ccc([C@@H]3C[C@H]3C)o2)CC1. The molecular formula is C17H26N2O2. The Labute approximate surface area is 126 Å². The van der Waals surface area contributed by atoms with E-state index in [1.807, 2.05) is 0 Å². The van der Waals surface area contributed by atoms with Crippen LogP contribution >= 0.6 is 0 Å². The molecule has 1 aromatic rings. The number of rotatable bonds is 5. The van der Waals surface area contributed by atoms with Crippen molar-refractivity contribution < 1.29 is 9.21 Å². The Morgan fingerprint density at radius 3 is 2.71 bits per heavy atom. The molecule has 1 aliphatic carbocycles. The van der Waals surface area contributed by atoms with Gasteiger partial charge in [0.15, 0.2) is 0 Å². The number of piperidine rings is 1. The van der Waals surface area contributed by atoms with Crippen LogP contribution in [-0.4, -0.2) is 30.9 Å². The lowest BCUT2D eigenvalue weighted by Crippen LogP contribution is -2.34. The zero-order chi connectivity index (χ0) is 14.8. The predicted molar refractivity (Wildman–Crippen MR) is 81.9 cm³/mol. The van der Waals surface area contributed by atoms with Crippen LogP contribution in [0.25, 0.3) is 0 Å². The molecule has 4 nitrogen and oxygen atoms in total. The molecule has 1 saturated carbocycles. The summed E-state index contributed by atoms with van der Waals surface area (Å²) in [5.74, 6) is 4.44. The molecule has 1 amide bonds. The highest BCUT2D eigenvalue weighted by Gasteiger charge is 2.36. The van der Waals surface area contributed by atoms with Crippen molar-refractivity contribution in [1.82, 2.24) is 10.2 Å². The highest BCUT2D eigenvalue weighted by molar-refractivity contribution is 5.75. The van der Waals surface area contributed by atoms with Gasteiger partial charge in [0, 0.05) is 19.4 Å². The Morgan fingerprint density at radius 2 is 2.10 bits per heavy atom. The van der Waals surface area contributed by atoms with Gasteiger partial charge in [-0.05, 0) is 56.3 Å². The van der Waals surface area contributed by atoms with Crippen molar-refractivity contribution >= 4 is 5.91 Å². The minimum absolute atomic E-state index is 0.169. The third-order valence-electron chi connectivity index (χ3n) is 5.00. The maximum Gasteiger partial charge on any atom is 0.220 e. The van der Waals surface area contributed by atoms with Gasteiger partial charge in [-0.25, -0.2) is 0 Å². The molecule has 1 aromatic heterocycles. The second-order valence-corrected chi connectivity index (χ2v) is 6.72. The molecule has 2 aliphatic rings. The molecule has 21 heavy (non-hydrogen) atoms. The van der Waals surface area contributed by atoms with Crippen LogP contribution in [0.5, 0.6) is 0 Å². The predicted octanol–water partition coefficient (Wildman–Crippen LogP) is 2.75. The lowest BCUT2D eigenvalue weighted by Gasteiger charge is -2.30. The summed E-state index contributed by atoms with van der Waals surface area (Å²) in [6.07, 6.45) is 4.17. The average molecular weight is 290 g/mol. The number of carbonyl (C=O) groups is 1. The van der Waals surface area contributed by atoms with Crippen LogP contribution in [0.3, 0.4) is 0 Å². The quantitative estimate of drug-likeness (QED) is 0.907. The van der Waals surface area contributed by atoms with Gasteiger partial charge in [-0.3, -0.25) is 9.69 Å². The minimum Gasteiger partial charge on any atom is -0.464 e. The molecule has 0 aromatic carbocycles. The lowest BCUT2D eigenvalue weighted by atomic mass is 9.93. The molecule has 0 radical (unpaired) electrons. The molecule has 2 atom stereocenters. The van der Waals surface area contributed by atoms with E-state index in [9.17, 15) is 4.79 Å². The third kappa shape index (κ3) is 3.67. The van der Waals surface area contributed by atoms with E-state index in [1.165, 1.54) is 12.2 Å². The van der Waals surface area contributed by atoms with Crippen molar-refractivity contribution in [3.63, 3.8) is 0 Å². The molecule has 2 heterocycles. The number of hydrogen-bond acceptors (Lipinski definition) is 3. The molecule has 1 aliphatic heterocycles. The summed E-state index contributed by atoms with van der Waals surface area (Å²) in [6.45, 7) is 5.33. The number of hydrogen-bond donors (Lipinski definition) is 1. The standard InChI is InChI=1S/C17H26N2O2/c1-12-9-15(12)16-4-3-14(21-16)11-19-7-5-13(6-8-19)10-17(20)18-2/h3-4,12-13,15H,5-11H2,1-2H3,(H,18,20)/t12-,15-/m1/s1. The van der Waals surface area contributed by atoms with Gasteiger partial charge in [0.05, 0.1) is 6.54 Å². The van der Waals surface area contributed by atoms with E-state index in [2.05, 4.69) is 29.3 Å². The summed E-state index contributed by atoms with van der Waals surface area (Å²) in [5.41, 5.74) is 0. The Bertz CT molecular complexity index is 489. The van der Waals surface area contributed by atoms with E-state index in [0.29, 0.717) is 18.3 Å². The summed E-state index contributed by atoms with van der Waals surface area (Å²) >= 11 is 0. The van der Waals surface area contributed by atoms with Crippen LogP contribution in [0.15, 0.2) is 16.5 Å². The van der Waals surface area contributed by atoms with E-state index in [0.717, 1.165) is 44.2 Å². The molecule has 0 bridgehead atoms. The zero-order valence-corrected chi connectivity index (χ0v) is 13.1.